The van der Waals surface area contributed by atoms with Crippen LogP contribution in [0.2, 0.25) is 0 Å². The zero-order valence-corrected chi connectivity index (χ0v) is 23.7. The summed E-state index contributed by atoms with van der Waals surface area (Å²) in [5, 5.41) is 11.5. The van der Waals surface area contributed by atoms with E-state index < -0.39 is 47.2 Å². The Morgan fingerprint density at radius 3 is 1.97 bits per heavy atom. The molecule has 2 aromatic rings. The van der Waals surface area contributed by atoms with Gasteiger partial charge < -0.3 is 19.3 Å². The third-order valence-corrected chi connectivity index (χ3v) is 5.42. The van der Waals surface area contributed by atoms with Crippen LogP contribution >= 0.6 is 0 Å². The van der Waals surface area contributed by atoms with Crippen molar-refractivity contribution in [1.82, 2.24) is 9.88 Å². The molecule has 3 rings (SSSR count). The van der Waals surface area contributed by atoms with Gasteiger partial charge in [-0.2, -0.15) is 4.90 Å². The Balaban J connectivity index is 2.04. The number of carbonyl (C=O) groups excluding carboxylic acids is 3. The highest BCUT2D eigenvalue weighted by molar-refractivity contribution is 6.13. The van der Waals surface area contributed by atoms with Crippen LogP contribution in [0.15, 0.2) is 30.5 Å². The van der Waals surface area contributed by atoms with Crippen LogP contribution in [0.4, 0.5) is 20.2 Å². The number of β-amino-alcohol motifs (C(OH)–C–C–N with tert-alkyl or cyclic N) is 1. The van der Waals surface area contributed by atoms with E-state index in [4.69, 9.17) is 14.2 Å². The molecule has 2 atom stereocenters. The number of imide groups is 1. The van der Waals surface area contributed by atoms with Gasteiger partial charge in [0, 0.05) is 11.6 Å². The summed E-state index contributed by atoms with van der Waals surface area (Å²) >= 11 is 0. The molecule has 0 unspecified atom stereocenters. The molecular formula is C28H39N3O7. The van der Waals surface area contributed by atoms with E-state index in [1.165, 1.54) is 11.1 Å². The van der Waals surface area contributed by atoms with Crippen LogP contribution in [0.3, 0.4) is 0 Å². The van der Waals surface area contributed by atoms with Crippen LogP contribution < -0.4 is 4.90 Å². The molecule has 1 aliphatic rings. The predicted octanol–water partition coefficient (Wildman–Crippen LogP) is 5.95. The molecule has 3 amide bonds. The molecule has 10 nitrogen and oxygen atoms in total. The first-order chi connectivity index (χ1) is 17.3. The fraction of sp³-hybridized carbons (Fsp3) is 0.571. The molecule has 2 heterocycles. The number of amides is 3. The number of aliphatic hydroxyl groups is 1. The van der Waals surface area contributed by atoms with Crippen LogP contribution in [0, 0.1) is 0 Å². The van der Waals surface area contributed by atoms with Gasteiger partial charge in [0.2, 0.25) is 0 Å². The fourth-order valence-corrected chi connectivity index (χ4v) is 4.08. The molecule has 1 fully saturated rings. The predicted molar refractivity (Wildman–Crippen MR) is 143 cm³/mol. The maximum Gasteiger partial charge on any atom is 0.425 e. The topological polar surface area (TPSA) is 119 Å². The summed E-state index contributed by atoms with van der Waals surface area (Å²) in [6, 6.07) is 6.70. The van der Waals surface area contributed by atoms with E-state index >= 15 is 0 Å². The van der Waals surface area contributed by atoms with Crippen molar-refractivity contribution in [3.05, 3.63) is 36.0 Å². The number of carbonyl (C=O) groups is 3. The van der Waals surface area contributed by atoms with E-state index in [0.717, 1.165) is 10.5 Å². The van der Waals surface area contributed by atoms with Crippen molar-refractivity contribution in [3.63, 3.8) is 0 Å². The molecule has 0 spiro atoms. The third kappa shape index (κ3) is 7.34. The van der Waals surface area contributed by atoms with E-state index in [9.17, 15) is 19.5 Å². The summed E-state index contributed by atoms with van der Waals surface area (Å²) in [7, 11) is 0. The molecule has 10 heteroatoms. The summed E-state index contributed by atoms with van der Waals surface area (Å²) in [4.78, 5) is 45.8. The van der Waals surface area contributed by atoms with E-state index in [1.807, 2.05) is 6.07 Å². The second-order valence-electron chi connectivity index (χ2n) is 12.4. The number of aliphatic hydroxyl groups excluding tert-OH is 1. The minimum absolute atomic E-state index is 0.0630. The van der Waals surface area contributed by atoms with Gasteiger partial charge in [-0.1, -0.05) is 12.1 Å². The Labute approximate surface area is 223 Å². The van der Waals surface area contributed by atoms with Gasteiger partial charge >= 0.3 is 18.3 Å². The Hall–Kier alpha value is -3.40. The summed E-state index contributed by atoms with van der Waals surface area (Å²) in [6.07, 6.45) is -1.18. The molecule has 1 saturated heterocycles. The summed E-state index contributed by atoms with van der Waals surface area (Å²) in [5.74, 6) is 0.0630. The number of nitrogens with zero attached hydrogens (tertiary/aromatic N) is 3. The Morgan fingerprint density at radius 1 is 0.895 bits per heavy atom. The van der Waals surface area contributed by atoms with Gasteiger partial charge in [0.25, 0.3) is 0 Å². The van der Waals surface area contributed by atoms with Crippen molar-refractivity contribution >= 4 is 34.9 Å². The normalized spacial score (nSPS) is 18.3. The van der Waals surface area contributed by atoms with Crippen LogP contribution in [0.25, 0.3) is 10.8 Å². The van der Waals surface area contributed by atoms with Crippen LogP contribution in [0.1, 0.15) is 80.3 Å². The zero-order valence-electron chi connectivity index (χ0n) is 23.7. The summed E-state index contributed by atoms with van der Waals surface area (Å²) in [5.41, 5.74) is -1.61. The lowest BCUT2D eigenvalue weighted by molar-refractivity contribution is 0.0205. The number of rotatable bonds is 2. The Bertz CT molecular complexity index is 1180. The van der Waals surface area contributed by atoms with Gasteiger partial charge in [-0.25, -0.2) is 19.4 Å². The largest absolute Gasteiger partial charge is 0.444 e. The average molecular weight is 530 g/mol. The van der Waals surface area contributed by atoms with Gasteiger partial charge in [0.05, 0.1) is 18.7 Å². The van der Waals surface area contributed by atoms with Gasteiger partial charge in [-0.05, 0) is 91.8 Å². The molecule has 38 heavy (non-hydrogen) atoms. The van der Waals surface area contributed by atoms with Gasteiger partial charge in [-0.3, -0.25) is 4.90 Å². The number of aromatic nitrogens is 1. The average Bonchev–Trinajstić information content (AvgIpc) is 3.12. The lowest BCUT2D eigenvalue weighted by atomic mass is 10.00. The maximum absolute atomic E-state index is 13.2. The number of ether oxygens (including phenoxy) is 3. The quantitative estimate of drug-likeness (QED) is 0.474. The molecule has 0 saturated carbocycles. The molecule has 0 bridgehead atoms. The monoisotopic (exact) mass is 529 g/mol. The number of hydrogen-bond donors (Lipinski definition) is 1. The third-order valence-electron chi connectivity index (χ3n) is 5.42. The molecule has 1 N–H and O–H groups in total. The number of likely N-dealkylation sites (tertiary alicyclic amines) is 1. The fourth-order valence-electron chi connectivity index (χ4n) is 4.08. The van der Waals surface area contributed by atoms with Gasteiger partial charge in [0.15, 0.2) is 5.82 Å². The van der Waals surface area contributed by atoms with E-state index in [2.05, 4.69) is 4.98 Å². The minimum Gasteiger partial charge on any atom is -0.444 e. The zero-order chi connectivity index (χ0) is 28.6. The van der Waals surface area contributed by atoms with E-state index in [-0.39, 0.29) is 12.4 Å². The first kappa shape index (κ1) is 29.2. The maximum atomic E-state index is 13.2. The van der Waals surface area contributed by atoms with Gasteiger partial charge in [-0.15, -0.1) is 0 Å². The number of hydrogen-bond acceptors (Lipinski definition) is 8. The Kier molecular flexibility index (Phi) is 7.98. The van der Waals surface area contributed by atoms with E-state index in [0.29, 0.717) is 17.2 Å². The van der Waals surface area contributed by atoms with Crippen LogP contribution in [-0.4, -0.2) is 62.7 Å². The van der Waals surface area contributed by atoms with Crippen molar-refractivity contribution in [2.75, 3.05) is 11.4 Å². The summed E-state index contributed by atoms with van der Waals surface area (Å²) < 4.78 is 16.5. The molecule has 1 aromatic heterocycles. The lowest BCUT2D eigenvalue weighted by Crippen LogP contribution is -2.44. The van der Waals surface area contributed by atoms with Crippen molar-refractivity contribution in [1.29, 1.82) is 0 Å². The van der Waals surface area contributed by atoms with Crippen molar-refractivity contribution in [3.8, 4) is 0 Å². The molecule has 1 aliphatic heterocycles. The smallest absolute Gasteiger partial charge is 0.425 e. The van der Waals surface area contributed by atoms with Crippen molar-refractivity contribution in [2.45, 2.75) is 97.7 Å². The molecular weight excluding hydrogens is 490 g/mol. The first-order valence-corrected chi connectivity index (χ1v) is 12.7. The molecule has 208 valence electrons. The number of benzene rings is 1. The Morgan fingerprint density at radius 2 is 1.45 bits per heavy atom. The van der Waals surface area contributed by atoms with E-state index in [1.54, 1.807) is 80.5 Å². The number of pyridine rings is 1. The second-order valence-corrected chi connectivity index (χ2v) is 12.4. The number of fused-ring (bicyclic) bond motifs is 1. The highest BCUT2D eigenvalue weighted by Crippen LogP contribution is 2.36. The molecule has 0 radical (unpaired) electrons. The highest BCUT2D eigenvalue weighted by atomic mass is 16.6. The molecule has 1 aromatic carbocycles. The number of anilines is 1. The van der Waals surface area contributed by atoms with Gasteiger partial charge in [0.1, 0.15) is 16.8 Å². The van der Waals surface area contributed by atoms with Crippen molar-refractivity contribution < 1.29 is 33.7 Å². The lowest BCUT2D eigenvalue weighted by Gasteiger charge is -2.29. The SMILES string of the molecule is CC(C)(C)OC(=O)N(C(=O)OC(C)(C)C)c1nccc2cc([C@H]3C[C@H](O)CN3C(=O)OC(C)(C)C)ccc12. The molecule has 0 aliphatic carbocycles. The van der Waals surface area contributed by atoms with Crippen LogP contribution in [0.5, 0.6) is 0 Å². The highest BCUT2D eigenvalue weighted by Gasteiger charge is 2.38. The second kappa shape index (κ2) is 10.4. The van der Waals surface area contributed by atoms with Crippen LogP contribution in [-0.2, 0) is 14.2 Å². The minimum atomic E-state index is -0.911. The summed E-state index contributed by atoms with van der Waals surface area (Å²) in [6.45, 7) is 15.7. The first-order valence-electron chi connectivity index (χ1n) is 12.7. The standard InChI is InChI=1S/C28H39N3O7/c1-26(2,3)36-23(33)30-16-19(32)15-21(30)18-10-11-20-17(14-18)12-13-29-22(20)31(24(34)37-27(4,5)6)25(35)38-28(7,8)9/h10-14,19,21,32H,15-16H2,1-9H3/t19-,21+/m0/s1. The van der Waals surface area contributed by atoms with Crippen molar-refractivity contribution in [2.24, 2.45) is 0 Å².